The number of hydrogen-bond donors (Lipinski definition) is 1. The SMILES string of the molecule is O=c1c2c([nH]n1Cc1cn3ccccc3n1)CN(S(=O)c1cccc(C(F)(F)F)c1)CC2. The van der Waals surface area contributed by atoms with Gasteiger partial charge in [-0.2, -0.15) is 13.2 Å². The van der Waals surface area contributed by atoms with Crippen molar-refractivity contribution in [2.75, 3.05) is 6.54 Å². The number of benzene rings is 1. The van der Waals surface area contributed by atoms with Crippen molar-refractivity contribution in [3.05, 3.63) is 87.7 Å². The monoisotopic (exact) mass is 461 g/mol. The number of pyridine rings is 1. The van der Waals surface area contributed by atoms with Gasteiger partial charge >= 0.3 is 6.18 Å². The molecule has 0 radical (unpaired) electrons. The molecule has 0 amide bonds. The Morgan fingerprint density at radius 2 is 2.00 bits per heavy atom. The summed E-state index contributed by atoms with van der Waals surface area (Å²) >= 11 is 0. The molecule has 1 aliphatic rings. The second kappa shape index (κ2) is 7.75. The highest BCUT2D eigenvalue weighted by atomic mass is 32.2. The number of hydrogen-bond acceptors (Lipinski definition) is 3. The van der Waals surface area contributed by atoms with Gasteiger partial charge in [-0.15, -0.1) is 0 Å². The van der Waals surface area contributed by atoms with Crippen molar-refractivity contribution in [3.8, 4) is 0 Å². The molecule has 3 aromatic heterocycles. The summed E-state index contributed by atoms with van der Waals surface area (Å²) in [6, 6.07) is 10.2. The normalized spacial score (nSPS) is 15.7. The molecular formula is C21H18F3N5O2S. The molecule has 0 saturated heterocycles. The average Bonchev–Trinajstić information content (AvgIpc) is 3.33. The third-order valence-corrected chi connectivity index (χ3v) is 6.85. The van der Waals surface area contributed by atoms with E-state index in [1.54, 1.807) is 4.31 Å². The third kappa shape index (κ3) is 3.78. The first-order valence-corrected chi connectivity index (χ1v) is 11.0. The second-order valence-electron chi connectivity index (χ2n) is 7.55. The Balaban J connectivity index is 1.37. The number of fused-ring (bicyclic) bond motifs is 2. The third-order valence-electron chi connectivity index (χ3n) is 5.41. The lowest BCUT2D eigenvalue weighted by molar-refractivity contribution is -0.137. The number of aromatic amines is 1. The number of imidazole rings is 1. The molecule has 1 aliphatic heterocycles. The Kier molecular flexibility index (Phi) is 5.01. The Hall–Kier alpha value is -3.18. The maximum absolute atomic E-state index is 13.0. The summed E-state index contributed by atoms with van der Waals surface area (Å²) in [5.74, 6) is 0. The molecule has 4 aromatic rings. The van der Waals surface area contributed by atoms with Gasteiger partial charge in [0, 0.05) is 24.5 Å². The molecule has 7 nitrogen and oxygen atoms in total. The molecule has 1 atom stereocenters. The van der Waals surface area contributed by atoms with E-state index in [4.69, 9.17) is 0 Å². The van der Waals surface area contributed by atoms with Crippen molar-refractivity contribution >= 4 is 16.6 Å². The smallest absolute Gasteiger partial charge is 0.307 e. The van der Waals surface area contributed by atoms with Crippen LogP contribution < -0.4 is 5.56 Å². The zero-order chi connectivity index (χ0) is 22.5. The van der Waals surface area contributed by atoms with Gasteiger partial charge in [0.05, 0.1) is 34.9 Å². The fourth-order valence-electron chi connectivity index (χ4n) is 3.86. The minimum absolute atomic E-state index is 0.0785. The highest BCUT2D eigenvalue weighted by Gasteiger charge is 2.32. The van der Waals surface area contributed by atoms with Crippen molar-refractivity contribution in [3.63, 3.8) is 0 Å². The van der Waals surface area contributed by atoms with E-state index in [1.807, 2.05) is 35.0 Å². The van der Waals surface area contributed by atoms with E-state index < -0.39 is 22.7 Å². The van der Waals surface area contributed by atoms with Crippen LogP contribution in [0.15, 0.2) is 64.5 Å². The average molecular weight is 461 g/mol. The Morgan fingerprint density at radius 1 is 1.16 bits per heavy atom. The van der Waals surface area contributed by atoms with Crippen molar-refractivity contribution < 1.29 is 17.4 Å². The molecule has 4 heterocycles. The molecular weight excluding hydrogens is 443 g/mol. The molecule has 166 valence electrons. The lowest BCUT2D eigenvalue weighted by Gasteiger charge is -2.24. The van der Waals surface area contributed by atoms with E-state index in [-0.39, 0.29) is 23.5 Å². The fourth-order valence-corrected chi connectivity index (χ4v) is 5.09. The largest absolute Gasteiger partial charge is 0.416 e. The van der Waals surface area contributed by atoms with E-state index in [0.717, 1.165) is 17.8 Å². The fraction of sp³-hybridized carbons (Fsp3) is 0.238. The molecule has 0 spiro atoms. The summed E-state index contributed by atoms with van der Waals surface area (Å²) in [5, 5.41) is 3.07. The number of nitrogens with zero attached hydrogens (tertiary/aromatic N) is 4. The highest BCUT2D eigenvalue weighted by Crippen LogP contribution is 2.31. The van der Waals surface area contributed by atoms with Crippen molar-refractivity contribution in [1.82, 2.24) is 23.5 Å². The Labute approximate surface area is 182 Å². The quantitative estimate of drug-likeness (QED) is 0.508. The summed E-state index contributed by atoms with van der Waals surface area (Å²) < 4.78 is 56.8. The molecule has 32 heavy (non-hydrogen) atoms. The molecule has 1 unspecified atom stereocenters. The number of halogens is 3. The van der Waals surface area contributed by atoms with Gasteiger partial charge in [0.25, 0.3) is 5.56 Å². The van der Waals surface area contributed by atoms with Crippen LogP contribution in [-0.4, -0.2) is 34.2 Å². The van der Waals surface area contributed by atoms with Crippen molar-refractivity contribution in [2.45, 2.75) is 30.6 Å². The standard InChI is InChI=1S/C21H18F3N5O2S/c22-21(23,24)14-4-3-5-16(10-14)32(31)28-9-7-17-18(13-28)26-29(20(17)30)12-15-11-27-8-2-1-6-19(27)25-15/h1-6,8,10-11,26H,7,9,12-13H2. The first kappa shape index (κ1) is 20.7. The van der Waals surface area contributed by atoms with Gasteiger partial charge < -0.3 is 4.40 Å². The van der Waals surface area contributed by atoms with Crippen LogP contribution in [0, 0.1) is 0 Å². The molecule has 11 heteroatoms. The van der Waals surface area contributed by atoms with Gasteiger partial charge in [-0.05, 0) is 36.8 Å². The van der Waals surface area contributed by atoms with E-state index in [9.17, 15) is 22.2 Å². The van der Waals surface area contributed by atoms with E-state index >= 15 is 0 Å². The van der Waals surface area contributed by atoms with Crippen molar-refractivity contribution in [2.24, 2.45) is 0 Å². The lowest BCUT2D eigenvalue weighted by Crippen LogP contribution is -2.33. The molecule has 1 N–H and O–H groups in total. The summed E-state index contributed by atoms with van der Waals surface area (Å²) in [6.45, 7) is 0.729. The van der Waals surface area contributed by atoms with Crippen LogP contribution in [0.4, 0.5) is 13.2 Å². The Bertz CT molecular complexity index is 1360. The first-order valence-electron chi connectivity index (χ1n) is 9.87. The zero-order valence-electron chi connectivity index (χ0n) is 16.7. The maximum atomic E-state index is 13.0. The van der Waals surface area contributed by atoms with Crippen LogP contribution in [0.1, 0.15) is 22.5 Å². The minimum Gasteiger partial charge on any atom is -0.307 e. The van der Waals surface area contributed by atoms with Gasteiger partial charge in [-0.3, -0.25) is 9.89 Å². The van der Waals surface area contributed by atoms with Gasteiger partial charge in [-0.1, -0.05) is 12.1 Å². The topological polar surface area (TPSA) is 75.4 Å². The highest BCUT2D eigenvalue weighted by molar-refractivity contribution is 7.82. The molecule has 0 bridgehead atoms. The number of H-pyrrole nitrogens is 1. The molecule has 0 aliphatic carbocycles. The summed E-state index contributed by atoms with van der Waals surface area (Å²) in [4.78, 5) is 17.4. The van der Waals surface area contributed by atoms with E-state index in [0.29, 0.717) is 29.9 Å². The molecule has 1 aromatic carbocycles. The summed E-state index contributed by atoms with van der Waals surface area (Å²) in [7, 11) is -1.78. The number of alkyl halides is 3. The van der Waals surface area contributed by atoms with Crippen LogP contribution >= 0.6 is 0 Å². The lowest BCUT2D eigenvalue weighted by atomic mass is 10.1. The predicted octanol–water partition coefficient (Wildman–Crippen LogP) is 2.97. The number of nitrogens with one attached hydrogen (secondary N) is 1. The van der Waals surface area contributed by atoms with Crippen LogP contribution in [0.5, 0.6) is 0 Å². The minimum atomic E-state index is -4.50. The van der Waals surface area contributed by atoms with Gasteiger partial charge in [-0.25, -0.2) is 18.2 Å². The van der Waals surface area contributed by atoms with Crippen LogP contribution in [0.25, 0.3) is 5.65 Å². The predicted molar refractivity (Wildman–Crippen MR) is 111 cm³/mol. The number of rotatable bonds is 4. The summed E-state index contributed by atoms with van der Waals surface area (Å²) in [5.41, 5.74) is 1.70. The number of aromatic nitrogens is 4. The second-order valence-corrected chi connectivity index (χ2v) is 9.03. The van der Waals surface area contributed by atoms with Crippen molar-refractivity contribution in [1.29, 1.82) is 0 Å². The molecule has 5 rings (SSSR count). The first-order chi connectivity index (χ1) is 15.3. The van der Waals surface area contributed by atoms with Gasteiger partial charge in [0.15, 0.2) is 0 Å². The van der Waals surface area contributed by atoms with E-state index in [2.05, 4.69) is 10.1 Å². The van der Waals surface area contributed by atoms with Gasteiger partial charge in [0.1, 0.15) is 16.6 Å². The van der Waals surface area contributed by atoms with Crippen LogP contribution in [0.3, 0.4) is 0 Å². The van der Waals surface area contributed by atoms with Gasteiger partial charge in [0.2, 0.25) is 0 Å². The maximum Gasteiger partial charge on any atom is 0.416 e. The van der Waals surface area contributed by atoms with E-state index in [1.165, 1.54) is 16.8 Å². The zero-order valence-corrected chi connectivity index (χ0v) is 17.5. The molecule has 0 saturated carbocycles. The Morgan fingerprint density at radius 3 is 2.78 bits per heavy atom. The molecule has 0 fully saturated rings. The summed E-state index contributed by atoms with van der Waals surface area (Å²) in [6.07, 6.45) is -0.435. The van der Waals surface area contributed by atoms with Crippen LogP contribution in [0.2, 0.25) is 0 Å². The van der Waals surface area contributed by atoms with Crippen LogP contribution in [-0.2, 0) is 36.7 Å².